The van der Waals surface area contributed by atoms with E-state index in [1.165, 1.54) is 4.90 Å². The fourth-order valence-corrected chi connectivity index (χ4v) is 4.25. The minimum atomic E-state index is -0.571. The molecule has 0 radical (unpaired) electrons. The number of carbonyl (C=O) groups excluding carboxylic acids is 4. The van der Waals surface area contributed by atoms with E-state index in [0.29, 0.717) is 36.9 Å². The average Bonchev–Trinajstić information content (AvgIpc) is 3.06. The van der Waals surface area contributed by atoms with E-state index in [4.69, 9.17) is 0 Å². The van der Waals surface area contributed by atoms with Gasteiger partial charge in [0.25, 0.3) is 11.8 Å². The van der Waals surface area contributed by atoms with Crippen molar-refractivity contribution in [1.82, 2.24) is 15.1 Å². The molecule has 1 atom stereocenters. The van der Waals surface area contributed by atoms with Gasteiger partial charge in [0.2, 0.25) is 11.8 Å². The van der Waals surface area contributed by atoms with Crippen molar-refractivity contribution in [3.8, 4) is 0 Å². The summed E-state index contributed by atoms with van der Waals surface area (Å²) in [7, 11) is 0. The van der Waals surface area contributed by atoms with E-state index in [0.717, 1.165) is 5.56 Å². The molecule has 1 aliphatic heterocycles. The second kappa shape index (κ2) is 11.6. The molecular weight excluding hydrogens is 430 g/mol. The predicted molar refractivity (Wildman–Crippen MR) is 130 cm³/mol. The highest BCUT2D eigenvalue weighted by Gasteiger charge is 2.35. The molecule has 7 heteroatoms. The zero-order chi connectivity index (χ0) is 24.7. The third-order valence-electron chi connectivity index (χ3n) is 5.95. The van der Waals surface area contributed by atoms with Crippen molar-refractivity contribution >= 4 is 23.6 Å². The second-order valence-corrected chi connectivity index (χ2v) is 8.82. The number of fused-ring (bicyclic) bond motifs is 1. The number of hydrogen-bond acceptors (Lipinski definition) is 4. The highest BCUT2D eigenvalue weighted by molar-refractivity contribution is 6.21. The van der Waals surface area contributed by atoms with Crippen LogP contribution in [0.1, 0.15) is 66.3 Å². The van der Waals surface area contributed by atoms with E-state index >= 15 is 0 Å². The summed E-state index contributed by atoms with van der Waals surface area (Å²) < 4.78 is 0. The normalized spacial score (nSPS) is 13.7. The summed E-state index contributed by atoms with van der Waals surface area (Å²) in [4.78, 5) is 54.1. The van der Waals surface area contributed by atoms with Gasteiger partial charge in [-0.25, -0.2) is 0 Å². The number of nitrogens with zero attached hydrogens (tertiary/aromatic N) is 2. The lowest BCUT2D eigenvalue weighted by molar-refractivity contribution is -0.141. The Morgan fingerprint density at radius 2 is 1.53 bits per heavy atom. The molecule has 0 saturated heterocycles. The Kier molecular flexibility index (Phi) is 8.57. The number of benzene rings is 2. The summed E-state index contributed by atoms with van der Waals surface area (Å²) in [6, 6.07) is 16.0. The Morgan fingerprint density at radius 1 is 0.941 bits per heavy atom. The summed E-state index contributed by atoms with van der Waals surface area (Å²) in [5.41, 5.74) is 1.89. The molecule has 0 spiro atoms. The molecule has 34 heavy (non-hydrogen) atoms. The van der Waals surface area contributed by atoms with Crippen LogP contribution in [-0.4, -0.2) is 58.6 Å². The van der Waals surface area contributed by atoms with Crippen molar-refractivity contribution in [2.45, 2.75) is 58.5 Å². The number of nitrogens with one attached hydrogen (secondary N) is 1. The van der Waals surface area contributed by atoms with Gasteiger partial charge >= 0.3 is 0 Å². The van der Waals surface area contributed by atoms with Gasteiger partial charge in [-0.05, 0) is 50.8 Å². The zero-order valence-corrected chi connectivity index (χ0v) is 20.1. The number of imide groups is 1. The quantitative estimate of drug-likeness (QED) is 0.517. The molecular formula is C27H33N3O4. The molecule has 2 aromatic carbocycles. The van der Waals surface area contributed by atoms with Crippen LogP contribution in [0, 0.1) is 0 Å². The minimum absolute atomic E-state index is 0.0264. The highest BCUT2D eigenvalue weighted by Crippen LogP contribution is 2.23. The van der Waals surface area contributed by atoms with Crippen LogP contribution < -0.4 is 5.32 Å². The van der Waals surface area contributed by atoms with Gasteiger partial charge in [0.05, 0.1) is 11.1 Å². The monoisotopic (exact) mass is 463 g/mol. The molecule has 1 heterocycles. The van der Waals surface area contributed by atoms with Crippen molar-refractivity contribution in [3.63, 3.8) is 0 Å². The van der Waals surface area contributed by atoms with E-state index in [1.54, 1.807) is 29.2 Å². The van der Waals surface area contributed by atoms with Crippen molar-refractivity contribution in [2.24, 2.45) is 0 Å². The number of carbonyl (C=O) groups is 4. The molecule has 1 aliphatic rings. The lowest BCUT2D eigenvalue weighted by Crippen LogP contribution is -2.51. The molecule has 0 saturated carbocycles. The summed E-state index contributed by atoms with van der Waals surface area (Å²) in [5, 5.41) is 2.92. The van der Waals surface area contributed by atoms with Crippen LogP contribution in [0.15, 0.2) is 54.6 Å². The Labute approximate surface area is 201 Å². The molecule has 4 amide bonds. The summed E-state index contributed by atoms with van der Waals surface area (Å²) in [5.74, 6) is -0.967. The van der Waals surface area contributed by atoms with Gasteiger partial charge in [0.1, 0.15) is 6.04 Å². The van der Waals surface area contributed by atoms with Gasteiger partial charge in [0, 0.05) is 25.6 Å². The van der Waals surface area contributed by atoms with Gasteiger partial charge in [-0.3, -0.25) is 24.1 Å². The molecule has 2 aromatic rings. The second-order valence-electron chi connectivity index (χ2n) is 8.82. The summed E-state index contributed by atoms with van der Waals surface area (Å²) >= 11 is 0. The largest absolute Gasteiger partial charge is 0.352 e. The van der Waals surface area contributed by atoms with E-state index in [2.05, 4.69) is 5.32 Å². The first-order valence-corrected chi connectivity index (χ1v) is 11.9. The van der Waals surface area contributed by atoms with Crippen LogP contribution in [-0.2, 0) is 16.0 Å². The van der Waals surface area contributed by atoms with Gasteiger partial charge < -0.3 is 10.2 Å². The molecule has 0 aliphatic carbocycles. The first kappa shape index (κ1) is 25.1. The molecule has 0 fully saturated rings. The number of hydrogen-bond donors (Lipinski definition) is 1. The SMILES string of the molecule is CC[C@@H](C(=O)NC(C)C)N(CCc1ccccc1)C(=O)CCCN1C(=O)c2ccccc2C1=O. The Balaban J connectivity index is 1.66. The van der Waals surface area contributed by atoms with Crippen LogP contribution in [0.4, 0.5) is 0 Å². The van der Waals surface area contributed by atoms with Crippen molar-refractivity contribution in [3.05, 3.63) is 71.3 Å². The first-order chi connectivity index (χ1) is 16.3. The lowest BCUT2D eigenvalue weighted by atomic mass is 10.1. The van der Waals surface area contributed by atoms with Crippen molar-refractivity contribution in [2.75, 3.05) is 13.1 Å². The predicted octanol–water partition coefficient (Wildman–Crippen LogP) is 3.44. The third kappa shape index (κ3) is 5.90. The third-order valence-corrected chi connectivity index (χ3v) is 5.95. The van der Waals surface area contributed by atoms with Gasteiger partial charge in [-0.1, -0.05) is 49.4 Å². The molecule has 180 valence electrons. The van der Waals surface area contributed by atoms with Crippen molar-refractivity contribution < 1.29 is 19.2 Å². The van der Waals surface area contributed by atoms with E-state index in [-0.39, 0.29) is 42.6 Å². The van der Waals surface area contributed by atoms with Gasteiger partial charge in [-0.15, -0.1) is 0 Å². The Hall–Kier alpha value is -3.48. The van der Waals surface area contributed by atoms with E-state index in [1.807, 2.05) is 51.1 Å². The molecule has 1 N–H and O–H groups in total. The fraction of sp³-hybridized carbons (Fsp3) is 0.407. The minimum Gasteiger partial charge on any atom is -0.352 e. The summed E-state index contributed by atoms with van der Waals surface area (Å²) in [6.07, 6.45) is 1.62. The summed E-state index contributed by atoms with van der Waals surface area (Å²) in [6.45, 7) is 6.26. The molecule has 0 aromatic heterocycles. The first-order valence-electron chi connectivity index (χ1n) is 11.9. The maximum atomic E-state index is 13.3. The van der Waals surface area contributed by atoms with E-state index < -0.39 is 6.04 Å². The molecule has 0 bridgehead atoms. The van der Waals surface area contributed by atoms with Crippen LogP contribution in [0.5, 0.6) is 0 Å². The molecule has 0 unspecified atom stereocenters. The zero-order valence-electron chi connectivity index (χ0n) is 20.1. The maximum Gasteiger partial charge on any atom is 0.261 e. The van der Waals surface area contributed by atoms with Crippen molar-refractivity contribution in [1.29, 1.82) is 0 Å². The number of amides is 4. The molecule has 7 nitrogen and oxygen atoms in total. The number of rotatable bonds is 11. The Morgan fingerprint density at radius 3 is 2.09 bits per heavy atom. The van der Waals surface area contributed by atoms with Crippen LogP contribution in [0.2, 0.25) is 0 Å². The van der Waals surface area contributed by atoms with Gasteiger partial charge in [0.15, 0.2) is 0 Å². The van der Waals surface area contributed by atoms with Crippen LogP contribution >= 0.6 is 0 Å². The topological polar surface area (TPSA) is 86.8 Å². The molecule has 3 rings (SSSR count). The lowest BCUT2D eigenvalue weighted by Gasteiger charge is -2.31. The Bertz CT molecular complexity index is 1000. The average molecular weight is 464 g/mol. The maximum absolute atomic E-state index is 13.3. The van der Waals surface area contributed by atoms with Crippen LogP contribution in [0.3, 0.4) is 0 Å². The smallest absolute Gasteiger partial charge is 0.261 e. The highest BCUT2D eigenvalue weighted by atomic mass is 16.2. The van der Waals surface area contributed by atoms with Gasteiger partial charge in [-0.2, -0.15) is 0 Å². The standard InChI is InChI=1S/C27H33N3O4/c1-4-23(25(32)28-19(2)3)29(18-16-20-11-6-5-7-12-20)24(31)15-10-17-30-26(33)21-13-8-9-14-22(21)27(30)34/h5-9,11-14,19,23H,4,10,15-18H2,1-3H3,(H,28,32)/t23-/m0/s1. The van der Waals surface area contributed by atoms with Crippen LogP contribution in [0.25, 0.3) is 0 Å². The fourth-order valence-electron chi connectivity index (χ4n) is 4.25. The van der Waals surface area contributed by atoms with E-state index in [9.17, 15) is 19.2 Å².